The van der Waals surface area contributed by atoms with E-state index in [9.17, 15) is 13.2 Å². The van der Waals surface area contributed by atoms with E-state index >= 15 is 0 Å². The van der Waals surface area contributed by atoms with Crippen LogP contribution in [-0.4, -0.2) is 57.3 Å². The maximum Gasteiger partial charge on any atom is 0.315 e. The number of hydrogen-bond acceptors (Lipinski definition) is 7. The number of carbonyl (C=O) groups is 1. The fourth-order valence-corrected chi connectivity index (χ4v) is 7.03. The highest BCUT2D eigenvalue weighted by molar-refractivity contribution is 7.91. The second-order valence-electron chi connectivity index (χ2n) is 9.87. The number of nitrogens with zero attached hydrogens (tertiary/aromatic N) is 5. The molecule has 1 unspecified atom stereocenters. The number of aromatic nitrogens is 4. The van der Waals surface area contributed by atoms with Gasteiger partial charge in [-0.25, -0.2) is 18.2 Å². The molecule has 0 spiro atoms. The Hall–Kier alpha value is -3.99. The summed E-state index contributed by atoms with van der Waals surface area (Å²) < 4.78 is 27.2. The maximum absolute atomic E-state index is 12.9. The van der Waals surface area contributed by atoms with E-state index in [1.54, 1.807) is 17.3 Å². The number of nitrogens with two attached hydrogens (primary N) is 2. The van der Waals surface area contributed by atoms with Crippen LogP contribution in [-0.2, 0) is 9.84 Å². The molecular formula is C26H27N7O3S. The molecule has 2 bridgehead atoms. The number of hydrogen-bond donors (Lipinski definition) is 2. The lowest BCUT2D eigenvalue weighted by molar-refractivity contribution is 0.144. The first kappa shape index (κ1) is 23.4. The van der Waals surface area contributed by atoms with Crippen LogP contribution in [0.3, 0.4) is 0 Å². The molecular weight excluding hydrogens is 490 g/mol. The summed E-state index contributed by atoms with van der Waals surface area (Å²) in [5.41, 5.74) is 16.3. The Morgan fingerprint density at radius 2 is 1.70 bits per heavy atom. The van der Waals surface area contributed by atoms with Gasteiger partial charge in [0.1, 0.15) is 10.7 Å². The minimum absolute atomic E-state index is 0.00382. The molecule has 11 heteroatoms. The van der Waals surface area contributed by atoms with Crippen molar-refractivity contribution in [3.63, 3.8) is 0 Å². The second kappa shape index (κ2) is 8.55. The smallest absolute Gasteiger partial charge is 0.315 e. The number of benzene rings is 1. The van der Waals surface area contributed by atoms with Crippen molar-refractivity contribution in [1.29, 1.82) is 0 Å². The van der Waals surface area contributed by atoms with Crippen LogP contribution in [0, 0.1) is 0 Å². The number of urea groups is 1. The number of anilines is 1. The summed E-state index contributed by atoms with van der Waals surface area (Å²) in [6, 6.07) is 13.2. The molecule has 3 atom stereocenters. The quantitative estimate of drug-likeness (QED) is 0.422. The molecule has 4 aromatic rings. The highest BCUT2D eigenvalue weighted by atomic mass is 32.2. The zero-order valence-electron chi connectivity index (χ0n) is 20.3. The zero-order valence-corrected chi connectivity index (χ0v) is 21.1. The number of piperidine rings is 1. The first-order valence-electron chi connectivity index (χ1n) is 12.2. The van der Waals surface area contributed by atoms with E-state index in [-0.39, 0.29) is 28.7 Å². The summed E-state index contributed by atoms with van der Waals surface area (Å²) in [7, 11) is -3.71. The molecule has 0 aliphatic carbocycles. The van der Waals surface area contributed by atoms with Crippen molar-refractivity contribution in [2.24, 2.45) is 5.73 Å². The Bertz CT molecular complexity index is 1600. The summed E-state index contributed by atoms with van der Waals surface area (Å²) >= 11 is 0. The third kappa shape index (κ3) is 3.90. The number of carbonyl (C=O) groups excluding carboxylic acids is 1. The van der Waals surface area contributed by atoms with E-state index in [1.165, 1.54) is 4.52 Å². The van der Waals surface area contributed by atoms with Crippen molar-refractivity contribution in [2.45, 2.75) is 48.6 Å². The van der Waals surface area contributed by atoms with E-state index < -0.39 is 15.9 Å². The summed E-state index contributed by atoms with van der Waals surface area (Å²) in [5.74, 6) is -0.140. The first-order valence-corrected chi connectivity index (χ1v) is 14.1. The SMILES string of the molecule is CS(=O)(=O)c1c(C2C[C@H]3CC[C@@H](C2)N3C(N)=O)nc2c(-c3ccc(-c4ccccc4)nc3)cnn2c1N. The zero-order chi connectivity index (χ0) is 25.9. The molecule has 0 radical (unpaired) electrons. The molecule has 4 N–H and O–H groups in total. The largest absolute Gasteiger partial charge is 0.382 e. The van der Waals surface area contributed by atoms with Crippen molar-refractivity contribution in [2.75, 3.05) is 12.0 Å². The first-order chi connectivity index (χ1) is 17.7. The lowest BCUT2D eigenvalue weighted by Crippen LogP contribution is -2.48. The number of pyridine rings is 1. The fourth-order valence-electron chi connectivity index (χ4n) is 5.97. The molecule has 37 heavy (non-hydrogen) atoms. The molecule has 190 valence electrons. The van der Waals surface area contributed by atoms with Gasteiger partial charge in [0.2, 0.25) is 0 Å². The van der Waals surface area contributed by atoms with Crippen LogP contribution in [0.4, 0.5) is 10.6 Å². The Kier molecular flexibility index (Phi) is 5.41. The molecule has 2 aliphatic heterocycles. The average Bonchev–Trinajstić information content (AvgIpc) is 3.42. The standard InChI is InChI=1S/C26H27N7O3S/c1-37(35,36)23-22(17-11-18-8-9-19(12-17)32(18)26(28)34)31-25-20(14-30-33(25)24(23)27)16-7-10-21(29-13-16)15-5-3-2-4-6-15/h2-7,10,13-14,17-19H,8-9,11-12,27H2,1H3,(H2,28,34)/t17?,18-,19+. The highest BCUT2D eigenvalue weighted by Gasteiger charge is 2.44. The predicted octanol–water partition coefficient (Wildman–Crippen LogP) is 3.23. The van der Waals surface area contributed by atoms with E-state index in [2.05, 4.69) is 10.1 Å². The van der Waals surface area contributed by atoms with Gasteiger partial charge in [0.05, 0.1) is 17.6 Å². The van der Waals surface area contributed by atoms with Gasteiger partial charge in [-0.2, -0.15) is 9.61 Å². The Morgan fingerprint density at radius 3 is 2.30 bits per heavy atom. The van der Waals surface area contributed by atoms with E-state index in [0.29, 0.717) is 29.7 Å². The summed E-state index contributed by atoms with van der Waals surface area (Å²) in [4.78, 5) is 23.2. The molecule has 5 heterocycles. The van der Waals surface area contributed by atoms with Gasteiger partial charge in [0.25, 0.3) is 0 Å². The number of fused-ring (bicyclic) bond motifs is 3. The van der Waals surface area contributed by atoms with Gasteiger partial charge < -0.3 is 16.4 Å². The van der Waals surface area contributed by atoms with Crippen molar-refractivity contribution in [3.05, 3.63) is 60.6 Å². The van der Waals surface area contributed by atoms with E-state index in [4.69, 9.17) is 16.5 Å². The monoisotopic (exact) mass is 517 g/mol. The van der Waals surface area contributed by atoms with Gasteiger partial charge in [-0.1, -0.05) is 36.4 Å². The van der Waals surface area contributed by atoms with Gasteiger partial charge in [0, 0.05) is 47.1 Å². The number of amides is 2. The van der Waals surface area contributed by atoms with Gasteiger partial charge in [-0.3, -0.25) is 4.98 Å². The molecule has 0 saturated carbocycles. The fraction of sp³-hybridized carbons (Fsp3) is 0.308. The molecule has 2 fully saturated rings. The van der Waals surface area contributed by atoms with Crippen LogP contribution in [0.25, 0.3) is 28.0 Å². The Balaban J connectivity index is 1.46. The van der Waals surface area contributed by atoms with Crippen molar-refractivity contribution in [1.82, 2.24) is 24.5 Å². The normalized spacial score (nSPS) is 21.4. The molecule has 3 aromatic heterocycles. The van der Waals surface area contributed by atoms with Crippen molar-refractivity contribution < 1.29 is 13.2 Å². The number of rotatable bonds is 4. The molecule has 1 aromatic carbocycles. The summed E-state index contributed by atoms with van der Waals surface area (Å²) in [6.45, 7) is 0. The number of nitrogen functional groups attached to an aromatic ring is 1. The van der Waals surface area contributed by atoms with Crippen LogP contribution in [0.1, 0.15) is 37.3 Å². The van der Waals surface area contributed by atoms with Crippen LogP contribution >= 0.6 is 0 Å². The van der Waals surface area contributed by atoms with Gasteiger partial charge >= 0.3 is 6.03 Å². The van der Waals surface area contributed by atoms with Crippen LogP contribution in [0.5, 0.6) is 0 Å². The van der Waals surface area contributed by atoms with Gasteiger partial charge in [0.15, 0.2) is 15.5 Å². The average molecular weight is 518 g/mol. The molecule has 2 amide bonds. The molecule has 10 nitrogen and oxygen atoms in total. The number of sulfone groups is 1. The summed E-state index contributed by atoms with van der Waals surface area (Å²) in [6.07, 6.45) is 7.38. The number of primary amides is 1. The summed E-state index contributed by atoms with van der Waals surface area (Å²) in [5, 5.41) is 4.38. The minimum atomic E-state index is -3.71. The topological polar surface area (TPSA) is 150 Å². The van der Waals surface area contributed by atoms with E-state index in [0.717, 1.165) is 35.9 Å². The van der Waals surface area contributed by atoms with Crippen LogP contribution in [0.15, 0.2) is 59.8 Å². The lowest BCUT2D eigenvalue weighted by atomic mass is 9.88. The third-order valence-corrected chi connectivity index (χ3v) is 8.71. The van der Waals surface area contributed by atoms with Gasteiger partial charge in [-0.05, 0) is 31.7 Å². The minimum Gasteiger partial charge on any atom is -0.382 e. The van der Waals surface area contributed by atoms with Crippen molar-refractivity contribution >= 4 is 27.3 Å². The third-order valence-electron chi connectivity index (χ3n) is 7.55. The van der Waals surface area contributed by atoms with Crippen molar-refractivity contribution in [3.8, 4) is 22.4 Å². The predicted molar refractivity (Wildman–Crippen MR) is 139 cm³/mol. The van der Waals surface area contributed by atoms with Crippen LogP contribution < -0.4 is 11.5 Å². The highest BCUT2D eigenvalue weighted by Crippen LogP contribution is 2.45. The molecule has 6 rings (SSSR count). The van der Waals surface area contributed by atoms with Gasteiger partial charge in [-0.15, -0.1) is 0 Å². The Labute approximate surface area is 214 Å². The molecule has 2 aliphatic rings. The maximum atomic E-state index is 12.9. The second-order valence-corrected chi connectivity index (χ2v) is 11.8. The van der Waals surface area contributed by atoms with Crippen LogP contribution in [0.2, 0.25) is 0 Å². The lowest BCUT2D eigenvalue weighted by Gasteiger charge is -2.38. The Morgan fingerprint density at radius 1 is 1.00 bits per heavy atom. The molecule has 2 saturated heterocycles. The van der Waals surface area contributed by atoms with E-state index in [1.807, 2.05) is 42.5 Å².